The van der Waals surface area contributed by atoms with Crippen LogP contribution in [0.1, 0.15) is 27.9 Å². The van der Waals surface area contributed by atoms with Crippen molar-refractivity contribution in [2.75, 3.05) is 0 Å². The van der Waals surface area contributed by atoms with Crippen LogP contribution < -0.4 is 0 Å². The fourth-order valence-corrected chi connectivity index (χ4v) is 2.32. The average Bonchev–Trinajstić information content (AvgIpc) is 2.50. The van der Waals surface area contributed by atoms with E-state index in [4.69, 9.17) is 0 Å². The highest BCUT2D eigenvalue weighted by Crippen LogP contribution is 2.20. The molecule has 0 fully saturated rings. The number of aliphatic imine (C=N–C) groups is 1. The molecular formula is C17H13NO2. The summed E-state index contributed by atoms with van der Waals surface area (Å²) in [4.78, 5) is 28.1. The lowest BCUT2D eigenvalue weighted by atomic mass is 9.88. The molecule has 3 nitrogen and oxygen atoms in total. The second kappa shape index (κ2) is 5.21. The molecule has 20 heavy (non-hydrogen) atoms. The van der Waals surface area contributed by atoms with E-state index in [1.165, 1.54) is 0 Å². The Morgan fingerprint density at radius 3 is 2.25 bits per heavy atom. The number of ketones is 2. The second-order valence-corrected chi connectivity index (χ2v) is 4.72. The number of rotatable bonds is 2. The Hall–Kier alpha value is -2.55. The molecule has 0 saturated carbocycles. The van der Waals surface area contributed by atoms with Crippen molar-refractivity contribution >= 4 is 17.3 Å². The number of carbonyl (C=O) groups excluding carboxylic acids is 2. The van der Waals surface area contributed by atoms with Crippen molar-refractivity contribution in [2.24, 2.45) is 4.99 Å². The largest absolute Gasteiger partial charge is 0.290 e. The van der Waals surface area contributed by atoms with Crippen LogP contribution in [0.5, 0.6) is 0 Å². The lowest BCUT2D eigenvalue weighted by Gasteiger charge is -2.15. The predicted octanol–water partition coefficient (Wildman–Crippen LogP) is 2.83. The molecule has 0 heterocycles. The normalized spacial score (nSPS) is 16.3. The van der Waals surface area contributed by atoms with E-state index >= 15 is 0 Å². The van der Waals surface area contributed by atoms with Crippen molar-refractivity contribution in [3.63, 3.8) is 0 Å². The highest BCUT2D eigenvalue weighted by molar-refractivity contribution is 6.51. The topological polar surface area (TPSA) is 46.5 Å². The summed E-state index contributed by atoms with van der Waals surface area (Å²) in [6, 6.07) is 17.0. The van der Waals surface area contributed by atoms with Crippen molar-refractivity contribution in [3.8, 4) is 0 Å². The molecule has 2 aromatic carbocycles. The van der Waals surface area contributed by atoms with Crippen LogP contribution in [0.25, 0.3) is 0 Å². The van der Waals surface area contributed by atoms with Gasteiger partial charge < -0.3 is 0 Å². The van der Waals surface area contributed by atoms with Crippen molar-refractivity contribution < 1.29 is 9.59 Å². The van der Waals surface area contributed by atoms with Gasteiger partial charge in [-0.25, -0.2) is 0 Å². The minimum Gasteiger partial charge on any atom is -0.290 e. The van der Waals surface area contributed by atoms with Crippen LogP contribution >= 0.6 is 0 Å². The molecule has 0 spiro atoms. The van der Waals surface area contributed by atoms with E-state index in [1.807, 2.05) is 42.5 Å². The molecule has 1 aliphatic rings. The summed E-state index contributed by atoms with van der Waals surface area (Å²) >= 11 is 0. The van der Waals surface area contributed by atoms with Gasteiger partial charge in [0.15, 0.2) is 0 Å². The molecule has 0 saturated heterocycles. The van der Waals surface area contributed by atoms with Gasteiger partial charge in [-0.3, -0.25) is 14.6 Å². The first-order valence-corrected chi connectivity index (χ1v) is 6.50. The Balaban J connectivity index is 1.96. The number of hydrogen-bond donors (Lipinski definition) is 0. The molecule has 3 rings (SSSR count). The van der Waals surface area contributed by atoms with E-state index in [0.29, 0.717) is 17.8 Å². The maximum absolute atomic E-state index is 11.8. The molecule has 0 aromatic heterocycles. The van der Waals surface area contributed by atoms with E-state index in [-0.39, 0.29) is 12.2 Å². The first kappa shape index (κ1) is 12.5. The molecule has 0 bridgehead atoms. The summed E-state index contributed by atoms with van der Waals surface area (Å²) in [6.07, 6.45) is 0.0999. The third kappa shape index (κ3) is 2.30. The Kier molecular flexibility index (Phi) is 3.25. The van der Waals surface area contributed by atoms with Gasteiger partial charge in [0, 0.05) is 11.1 Å². The number of carbonyl (C=O) groups is 2. The van der Waals surface area contributed by atoms with Crippen LogP contribution in [0.2, 0.25) is 0 Å². The molecule has 2 aromatic rings. The molecule has 0 aliphatic heterocycles. The zero-order chi connectivity index (χ0) is 13.9. The number of hydrogen-bond acceptors (Lipinski definition) is 3. The molecule has 98 valence electrons. The van der Waals surface area contributed by atoms with E-state index in [1.54, 1.807) is 12.1 Å². The Bertz CT molecular complexity index is 702. The summed E-state index contributed by atoms with van der Waals surface area (Å²) in [5, 5.41) is 0. The minimum absolute atomic E-state index is 0.0999. The maximum atomic E-state index is 11.8. The highest BCUT2D eigenvalue weighted by atomic mass is 16.2. The van der Waals surface area contributed by atoms with Gasteiger partial charge in [0.05, 0.1) is 18.7 Å². The Morgan fingerprint density at radius 1 is 0.850 bits per heavy atom. The van der Waals surface area contributed by atoms with Gasteiger partial charge in [0.1, 0.15) is 0 Å². The monoisotopic (exact) mass is 263 g/mol. The first-order valence-electron chi connectivity index (χ1n) is 6.50. The summed E-state index contributed by atoms with van der Waals surface area (Å²) < 4.78 is 0. The standard InChI is InChI=1S/C17H13NO2/c19-16-10-15(18-11-12-6-2-1-3-7-12)13-8-4-5-9-14(13)17(16)20/h1-9H,10-11H2. The van der Waals surface area contributed by atoms with Gasteiger partial charge in [-0.2, -0.15) is 0 Å². The van der Waals surface area contributed by atoms with Crippen molar-refractivity contribution in [3.05, 3.63) is 71.3 Å². The number of Topliss-reactive ketones (excluding diaryl/α,β-unsaturated/α-hetero) is 2. The summed E-state index contributed by atoms with van der Waals surface area (Å²) in [7, 11) is 0. The minimum atomic E-state index is -0.403. The number of nitrogens with zero attached hydrogens (tertiary/aromatic N) is 1. The lowest BCUT2D eigenvalue weighted by molar-refractivity contribution is -0.114. The van der Waals surface area contributed by atoms with Crippen LogP contribution in [0.15, 0.2) is 59.6 Å². The van der Waals surface area contributed by atoms with Crippen molar-refractivity contribution in [2.45, 2.75) is 13.0 Å². The molecule has 0 radical (unpaired) electrons. The third-order valence-electron chi connectivity index (χ3n) is 3.36. The zero-order valence-corrected chi connectivity index (χ0v) is 10.9. The quantitative estimate of drug-likeness (QED) is 0.782. The molecule has 0 unspecified atom stereocenters. The van der Waals surface area contributed by atoms with Crippen molar-refractivity contribution in [1.29, 1.82) is 0 Å². The van der Waals surface area contributed by atoms with Crippen LogP contribution in [0.4, 0.5) is 0 Å². The van der Waals surface area contributed by atoms with E-state index in [2.05, 4.69) is 4.99 Å². The van der Waals surface area contributed by atoms with E-state index < -0.39 is 5.78 Å². The third-order valence-corrected chi connectivity index (χ3v) is 3.36. The summed E-state index contributed by atoms with van der Waals surface area (Å²) in [6.45, 7) is 0.520. The maximum Gasteiger partial charge on any atom is 0.229 e. The first-order chi connectivity index (χ1) is 9.75. The fourth-order valence-electron chi connectivity index (χ4n) is 2.32. The smallest absolute Gasteiger partial charge is 0.229 e. The zero-order valence-electron chi connectivity index (χ0n) is 10.9. The van der Waals surface area contributed by atoms with Gasteiger partial charge in [-0.05, 0) is 5.56 Å². The lowest BCUT2D eigenvalue weighted by Crippen LogP contribution is -2.27. The highest BCUT2D eigenvalue weighted by Gasteiger charge is 2.28. The molecule has 0 amide bonds. The predicted molar refractivity (Wildman–Crippen MR) is 77.1 cm³/mol. The molecule has 3 heteroatoms. The van der Waals surface area contributed by atoms with Crippen LogP contribution in [-0.4, -0.2) is 17.3 Å². The Morgan fingerprint density at radius 2 is 1.50 bits per heavy atom. The van der Waals surface area contributed by atoms with Gasteiger partial charge in [-0.15, -0.1) is 0 Å². The van der Waals surface area contributed by atoms with Gasteiger partial charge in [-0.1, -0.05) is 54.6 Å². The molecule has 1 aliphatic carbocycles. The van der Waals surface area contributed by atoms with Gasteiger partial charge >= 0.3 is 0 Å². The molecule has 0 N–H and O–H groups in total. The van der Waals surface area contributed by atoms with Crippen LogP contribution in [-0.2, 0) is 11.3 Å². The molecule has 0 atom stereocenters. The van der Waals surface area contributed by atoms with Gasteiger partial charge in [0.25, 0.3) is 0 Å². The average molecular weight is 263 g/mol. The Labute approximate surface area is 117 Å². The second-order valence-electron chi connectivity index (χ2n) is 4.72. The van der Waals surface area contributed by atoms with Gasteiger partial charge in [0.2, 0.25) is 11.6 Å². The van der Waals surface area contributed by atoms with E-state index in [9.17, 15) is 9.59 Å². The summed E-state index contributed by atoms with van der Waals surface area (Å²) in [5.74, 6) is -0.783. The van der Waals surface area contributed by atoms with Crippen LogP contribution in [0.3, 0.4) is 0 Å². The fraction of sp³-hybridized carbons (Fsp3) is 0.118. The number of fused-ring (bicyclic) bond motifs is 1. The molecular weight excluding hydrogens is 250 g/mol. The SMILES string of the molecule is O=C1CC(=NCc2ccccc2)c2ccccc2C1=O. The van der Waals surface area contributed by atoms with E-state index in [0.717, 1.165) is 11.1 Å². The summed E-state index contributed by atoms with van der Waals surface area (Å²) in [5.41, 5.74) is 3.04. The van der Waals surface area contributed by atoms with Crippen LogP contribution in [0, 0.1) is 0 Å². The van der Waals surface area contributed by atoms with Crippen molar-refractivity contribution in [1.82, 2.24) is 0 Å². The number of benzene rings is 2.